The molecule has 2 aromatic carbocycles. The SMILES string of the molecule is CCC1=NN2C(=N)/C(=C/c3cc(Br)c(OCCOc4ccccc4)c(OC)c3)C(=O)N=C2S1. The number of hydrazone groups is 1. The summed E-state index contributed by atoms with van der Waals surface area (Å²) in [4.78, 5) is 16.7. The van der Waals surface area contributed by atoms with Crippen molar-refractivity contribution in [3.63, 3.8) is 0 Å². The fourth-order valence-electron chi connectivity index (χ4n) is 3.12. The second kappa shape index (κ2) is 10.2. The van der Waals surface area contributed by atoms with Gasteiger partial charge in [-0.1, -0.05) is 25.1 Å². The lowest BCUT2D eigenvalue weighted by Gasteiger charge is -2.20. The first kappa shape index (κ1) is 23.1. The molecule has 0 aromatic heterocycles. The van der Waals surface area contributed by atoms with Crippen molar-refractivity contribution in [1.82, 2.24) is 5.01 Å². The van der Waals surface area contributed by atoms with Gasteiger partial charge in [-0.2, -0.15) is 15.1 Å². The molecule has 0 radical (unpaired) electrons. The largest absolute Gasteiger partial charge is 0.493 e. The molecule has 10 heteroatoms. The monoisotopic (exact) mass is 528 g/mol. The number of hydrogen-bond donors (Lipinski definition) is 1. The molecule has 1 amide bonds. The van der Waals surface area contributed by atoms with Gasteiger partial charge in [-0.15, -0.1) is 0 Å². The summed E-state index contributed by atoms with van der Waals surface area (Å²) in [6.07, 6.45) is 2.31. The van der Waals surface area contributed by atoms with E-state index < -0.39 is 5.91 Å². The Balaban J connectivity index is 1.50. The first-order valence-corrected chi connectivity index (χ1v) is 11.8. The minimum Gasteiger partial charge on any atom is -0.493 e. The molecule has 170 valence electrons. The molecule has 0 fully saturated rings. The van der Waals surface area contributed by atoms with E-state index in [1.807, 2.05) is 37.3 Å². The Morgan fingerprint density at radius 3 is 2.67 bits per heavy atom. The van der Waals surface area contributed by atoms with Crippen LogP contribution in [0.4, 0.5) is 0 Å². The van der Waals surface area contributed by atoms with Crippen LogP contribution in [-0.2, 0) is 4.79 Å². The molecule has 0 aliphatic carbocycles. The lowest BCUT2D eigenvalue weighted by Crippen LogP contribution is -2.35. The summed E-state index contributed by atoms with van der Waals surface area (Å²) in [6.45, 7) is 2.65. The van der Waals surface area contributed by atoms with Gasteiger partial charge in [0, 0.05) is 0 Å². The maximum absolute atomic E-state index is 12.6. The predicted molar refractivity (Wildman–Crippen MR) is 133 cm³/mol. The third kappa shape index (κ3) is 5.12. The number of fused-ring (bicyclic) bond motifs is 1. The van der Waals surface area contributed by atoms with Gasteiger partial charge in [0.25, 0.3) is 5.91 Å². The number of carbonyl (C=O) groups excluding carboxylic acids is 1. The van der Waals surface area contributed by atoms with Crippen LogP contribution >= 0.6 is 27.7 Å². The molecule has 0 spiro atoms. The Bertz CT molecular complexity index is 1180. The van der Waals surface area contributed by atoms with Crippen LogP contribution in [0.2, 0.25) is 0 Å². The van der Waals surface area contributed by atoms with Gasteiger partial charge in [-0.3, -0.25) is 10.2 Å². The van der Waals surface area contributed by atoms with Crippen LogP contribution in [0, 0.1) is 5.41 Å². The van der Waals surface area contributed by atoms with Crippen molar-refractivity contribution in [1.29, 1.82) is 5.41 Å². The number of aliphatic imine (C=N–C) groups is 1. The Morgan fingerprint density at radius 1 is 1.18 bits per heavy atom. The van der Waals surface area contributed by atoms with Crippen LogP contribution in [0.5, 0.6) is 17.2 Å². The molecule has 2 aliphatic rings. The van der Waals surface area contributed by atoms with Crippen molar-refractivity contribution in [3.05, 3.63) is 58.1 Å². The lowest BCUT2D eigenvalue weighted by atomic mass is 10.1. The van der Waals surface area contributed by atoms with Gasteiger partial charge in [0.15, 0.2) is 17.3 Å². The Kier molecular flexibility index (Phi) is 7.14. The summed E-state index contributed by atoms with van der Waals surface area (Å²) in [7, 11) is 1.54. The maximum atomic E-state index is 12.6. The van der Waals surface area contributed by atoms with Crippen molar-refractivity contribution in [2.45, 2.75) is 13.3 Å². The van der Waals surface area contributed by atoms with E-state index in [0.29, 0.717) is 46.3 Å². The molecule has 2 aliphatic heterocycles. The van der Waals surface area contributed by atoms with E-state index in [2.05, 4.69) is 26.0 Å². The smallest absolute Gasteiger partial charge is 0.283 e. The number of hydrogen-bond acceptors (Lipinski definition) is 7. The summed E-state index contributed by atoms with van der Waals surface area (Å²) in [6, 6.07) is 13.0. The minimum atomic E-state index is -0.472. The molecule has 0 bridgehead atoms. The molecular formula is C23H21BrN4O4S. The second-order valence-corrected chi connectivity index (χ2v) is 8.81. The number of methoxy groups -OCH3 is 1. The van der Waals surface area contributed by atoms with E-state index in [0.717, 1.165) is 10.8 Å². The molecule has 1 N–H and O–H groups in total. The number of carbonyl (C=O) groups is 1. The van der Waals surface area contributed by atoms with Gasteiger partial charge in [-0.05, 0) is 70.0 Å². The van der Waals surface area contributed by atoms with Crippen LogP contribution in [0.15, 0.2) is 62.6 Å². The third-order valence-corrected chi connectivity index (χ3v) is 6.35. The summed E-state index contributed by atoms with van der Waals surface area (Å²) in [5, 5.41) is 15.4. The molecular weight excluding hydrogens is 508 g/mol. The van der Waals surface area contributed by atoms with E-state index in [1.54, 1.807) is 25.3 Å². The lowest BCUT2D eigenvalue weighted by molar-refractivity contribution is -0.114. The second-order valence-electron chi connectivity index (χ2n) is 6.91. The molecule has 0 atom stereocenters. The van der Waals surface area contributed by atoms with Crippen LogP contribution in [0.1, 0.15) is 18.9 Å². The highest BCUT2D eigenvalue weighted by atomic mass is 79.9. The molecule has 0 saturated carbocycles. The van der Waals surface area contributed by atoms with Crippen LogP contribution in [0.25, 0.3) is 6.08 Å². The highest BCUT2D eigenvalue weighted by Gasteiger charge is 2.35. The zero-order valence-corrected chi connectivity index (χ0v) is 20.4. The predicted octanol–water partition coefficient (Wildman–Crippen LogP) is 4.94. The molecule has 0 saturated heterocycles. The number of rotatable bonds is 8. The quantitative estimate of drug-likeness (QED) is 0.384. The normalized spacial score (nSPS) is 16.5. The van der Waals surface area contributed by atoms with Crippen molar-refractivity contribution in [3.8, 4) is 17.2 Å². The van der Waals surface area contributed by atoms with Crippen LogP contribution in [-0.4, -0.2) is 47.3 Å². The standard InChI is InChI=1S/C23H21BrN4O4S/c1-3-19-27-28-21(25)16(22(29)26-23(28)33-19)11-14-12-17(24)20(18(13-14)30-2)32-10-9-31-15-7-5-4-6-8-15/h4-8,11-13,25H,3,9-10H2,1-2H3/b16-11-,25-21?. The average Bonchev–Trinajstić information content (AvgIpc) is 3.24. The Hall–Kier alpha value is -3.11. The van der Waals surface area contributed by atoms with Crippen molar-refractivity contribution in [2.75, 3.05) is 20.3 Å². The van der Waals surface area contributed by atoms with E-state index >= 15 is 0 Å². The highest BCUT2D eigenvalue weighted by molar-refractivity contribution is 9.10. The van der Waals surface area contributed by atoms with Gasteiger partial charge in [0.05, 0.1) is 17.2 Å². The highest BCUT2D eigenvalue weighted by Crippen LogP contribution is 2.38. The Morgan fingerprint density at radius 2 is 1.94 bits per heavy atom. The maximum Gasteiger partial charge on any atom is 0.283 e. The number of ether oxygens (including phenoxy) is 3. The van der Waals surface area contributed by atoms with Crippen molar-refractivity contribution in [2.24, 2.45) is 10.1 Å². The first-order chi connectivity index (χ1) is 16.0. The number of amidine groups is 2. The molecule has 4 rings (SSSR count). The van der Waals surface area contributed by atoms with Crippen molar-refractivity contribution >= 4 is 55.7 Å². The number of nitrogens with zero attached hydrogens (tertiary/aromatic N) is 3. The number of nitrogens with one attached hydrogen (secondary N) is 1. The van der Waals surface area contributed by atoms with Gasteiger partial charge in [0.1, 0.15) is 24.0 Å². The molecule has 33 heavy (non-hydrogen) atoms. The fraction of sp³-hybridized carbons (Fsp3) is 0.217. The Labute approximate surface area is 204 Å². The first-order valence-electron chi connectivity index (χ1n) is 10.2. The molecule has 2 heterocycles. The zero-order chi connectivity index (χ0) is 23.4. The van der Waals surface area contributed by atoms with E-state index in [4.69, 9.17) is 19.6 Å². The average molecular weight is 529 g/mol. The number of benzene rings is 2. The fourth-order valence-corrected chi connectivity index (χ4v) is 4.52. The summed E-state index contributed by atoms with van der Waals surface area (Å²) in [5.41, 5.74) is 0.809. The van der Waals surface area contributed by atoms with E-state index in [1.165, 1.54) is 16.8 Å². The van der Waals surface area contributed by atoms with Gasteiger partial charge < -0.3 is 14.2 Å². The molecule has 2 aromatic rings. The van der Waals surface area contributed by atoms with Gasteiger partial charge in [0.2, 0.25) is 5.17 Å². The number of thioether (sulfide) groups is 1. The van der Waals surface area contributed by atoms with Gasteiger partial charge >= 0.3 is 0 Å². The molecule has 8 nitrogen and oxygen atoms in total. The van der Waals surface area contributed by atoms with Crippen molar-refractivity contribution < 1.29 is 19.0 Å². The van der Waals surface area contributed by atoms with Crippen LogP contribution < -0.4 is 14.2 Å². The number of para-hydroxylation sites is 1. The molecule has 0 unspecified atom stereocenters. The van der Waals surface area contributed by atoms with Gasteiger partial charge in [-0.25, -0.2) is 0 Å². The number of halogens is 1. The summed E-state index contributed by atoms with van der Waals surface area (Å²) in [5.74, 6) is 1.30. The minimum absolute atomic E-state index is 0.00516. The topological polar surface area (TPSA) is 96.6 Å². The third-order valence-electron chi connectivity index (χ3n) is 4.70. The summed E-state index contributed by atoms with van der Waals surface area (Å²) < 4.78 is 17.7. The van der Waals surface area contributed by atoms with E-state index in [9.17, 15) is 4.79 Å². The number of amides is 1. The van der Waals surface area contributed by atoms with Crippen LogP contribution in [0.3, 0.4) is 0 Å². The zero-order valence-electron chi connectivity index (χ0n) is 18.0. The summed E-state index contributed by atoms with van der Waals surface area (Å²) >= 11 is 4.83. The van der Waals surface area contributed by atoms with E-state index in [-0.39, 0.29) is 11.4 Å².